The van der Waals surface area contributed by atoms with Gasteiger partial charge in [-0.25, -0.2) is 23.7 Å². The highest BCUT2D eigenvalue weighted by Gasteiger charge is 2.40. The molecule has 10 heteroatoms. The van der Waals surface area contributed by atoms with Crippen molar-refractivity contribution in [2.75, 3.05) is 6.54 Å². The number of alkyl halides is 2. The van der Waals surface area contributed by atoms with Gasteiger partial charge in [0.1, 0.15) is 5.52 Å². The Hall–Kier alpha value is -3.56. The number of para-hydroxylation sites is 1. The first kappa shape index (κ1) is 17.5. The van der Waals surface area contributed by atoms with Gasteiger partial charge in [0.2, 0.25) is 11.7 Å². The number of oxazole rings is 2. The average molecular weight is 399 g/mol. The van der Waals surface area contributed by atoms with Crippen LogP contribution >= 0.6 is 0 Å². The standard InChI is InChI=1S/C19H15F2N5O3/c1-9-3-2-4-11-15(9)29-18(25-11)14-12-10(22-7-23-12)5-6-26(14)19(27)16-13(17(20)21)24-8-28-16/h2-4,7-8,14,17H,5-6H2,1H3,(H,22,23)/t14-/m0/s1. The maximum absolute atomic E-state index is 13.2. The lowest BCUT2D eigenvalue weighted by molar-refractivity contribution is 0.0620. The van der Waals surface area contributed by atoms with E-state index in [1.807, 2.05) is 19.1 Å². The molecule has 0 saturated heterocycles. The number of fused-ring (bicyclic) bond motifs is 2. The minimum Gasteiger partial charge on any atom is -0.438 e. The minimum absolute atomic E-state index is 0.250. The number of rotatable bonds is 3. The molecule has 4 heterocycles. The average Bonchev–Trinajstić information content (AvgIpc) is 3.44. The van der Waals surface area contributed by atoms with Crippen molar-refractivity contribution in [3.05, 3.63) is 65.2 Å². The number of hydrogen-bond acceptors (Lipinski definition) is 6. The molecule has 1 amide bonds. The SMILES string of the molecule is Cc1cccc2nc([C@@H]3c4nc[nH]c4CCN3C(=O)c3ocnc3C(F)F)oc12. The number of H-pyrrole nitrogens is 1. The Balaban J connectivity index is 1.63. The summed E-state index contributed by atoms with van der Waals surface area (Å²) in [7, 11) is 0. The van der Waals surface area contributed by atoms with Crippen molar-refractivity contribution in [1.29, 1.82) is 0 Å². The lowest BCUT2D eigenvalue weighted by atomic mass is 10.0. The largest absolute Gasteiger partial charge is 0.438 e. The van der Waals surface area contributed by atoms with E-state index in [0.29, 0.717) is 23.2 Å². The maximum atomic E-state index is 13.2. The van der Waals surface area contributed by atoms with Crippen molar-refractivity contribution in [2.45, 2.75) is 25.8 Å². The van der Waals surface area contributed by atoms with Crippen LogP contribution in [0.3, 0.4) is 0 Å². The number of amides is 1. The number of imidazole rings is 1. The highest BCUT2D eigenvalue weighted by molar-refractivity contribution is 5.93. The number of halogens is 2. The Morgan fingerprint density at radius 2 is 2.21 bits per heavy atom. The second-order valence-electron chi connectivity index (χ2n) is 6.76. The van der Waals surface area contributed by atoms with Crippen LogP contribution in [0.5, 0.6) is 0 Å². The Morgan fingerprint density at radius 3 is 3.00 bits per heavy atom. The summed E-state index contributed by atoms with van der Waals surface area (Å²) in [5.74, 6) is -0.944. The van der Waals surface area contributed by atoms with E-state index in [4.69, 9.17) is 8.83 Å². The van der Waals surface area contributed by atoms with Gasteiger partial charge in [0.25, 0.3) is 12.3 Å². The molecule has 29 heavy (non-hydrogen) atoms. The van der Waals surface area contributed by atoms with Gasteiger partial charge < -0.3 is 18.7 Å². The molecule has 0 aliphatic carbocycles. The van der Waals surface area contributed by atoms with Crippen molar-refractivity contribution in [2.24, 2.45) is 0 Å². The number of aromatic nitrogens is 4. The molecule has 5 rings (SSSR count). The van der Waals surface area contributed by atoms with Gasteiger partial charge in [0, 0.05) is 18.7 Å². The molecule has 0 radical (unpaired) electrons. The van der Waals surface area contributed by atoms with Crippen LogP contribution in [-0.2, 0) is 6.42 Å². The molecular formula is C19H15F2N5O3. The van der Waals surface area contributed by atoms with Crippen LogP contribution in [0.1, 0.15) is 51.6 Å². The number of carbonyl (C=O) groups is 1. The van der Waals surface area contributed by atoms with E-state index in [1.54, 1.807) is 6.07 Å². The van der Waals surface area contributed by atoms with Crippen molar-refractivity contribution >= 4 is 17.0 Å². The fourth-order valence-corrected chi connectivity index (χ4v) is 3.67. The molecule has 0 bridgehead atoms. The summed E-state index contributed by atoms with van der Waals surface area (Å²) in [6, 6.07) is 4.78. The molecule has 4 aromatic rings. The minimum atomic E-state index is -2.93. The van der Waals surface area contributed by atoms with Crippen LogP contribution in [0.15, 0.2) is 39.8 Å². The molecule has 0 fully saturated rings. The lowest BCUT2D eigenvalue weighted by Gasteiger charge is -2.32. The summed E-state index contributed by atoms with van der Waals surface area (Å²) < 4.78 is 37.5. The Bertz CT molecular complexity index is 1210. The van der Waals surface area contributed by atoms with Gasteiger partial charge in [-0.2, -0.15) is 0 Å². The summed E-state index contributed by atoms with van der Waals surface area (Å²) in [4.78, 5) is 29.9. The predicted octanol–water partition coefficient (Wildman–Crippen LogP) is 3.57. The summed E-state index contributed by atoms with van der Waals surface area (Å²) in [5, 5.41) is 0. The summed E-state index contributed by atoms with van der Waals surface area (Å²) in [6.45, 7) is 2.14. The number of benzene rings is 1. The number of nitrogens with zero attached hydrogens (tertiary/aromatic N) is 4. The second-order valence-corrected chi connectivity index (χ2v) is 6.76. The highest BCUT2D eigenvalue weighted by atomic mass is 19.3. The number of hydrogen-bond donors (Lipinski definition) is 1. The van der Waals surface area contributed by atoms with E-state index >= 15 is 0 Å². The molecule has 1 aromatic carbocycles. The predicted molar refractivity (Wildman–Crippen MR) is 95.4 cm³/mol. The van der Waals surface area contributed by atoms with Gasteiger partial charge in [-0.05, 0) is 18.6 Å². The Labute approximate surface area is 162 Å². The van der Waals surface area contributed by atoms with Gasteiger partial charge in [0.15, 0.2) is 23.7 Å². The van der Waals surface area contributed by atoms with Crippen molar-refractivity contribution < 1.29 is 22.4 Å². The number of aromatic amines is 1. The highest BCUT2D eigenvalue weighted by Crippen LogP contribution is 2.36. The van der Waals surface area contributed by atoms with Crippen LogP contribution in [0, 0.1) is 6.92 Å². The first-order valence-electron chi connectivity index (χ1n) is 8.95. The first-order chi connectivity index (χ1) is 14.0. The zero-order chi connectivity index (χ0) is 20.1. The monoisotopic (exact) mass is 399 g/mol. The number of aryl methyl sites for hydroxylation is 1. The van der Waals surface area contributed by atoms with Crippen LogP contribution in [0.4, 0.5) is 8.78 Å². The molecule has 8 nitrogen and oxygen atoms in total. The first-order valence-corrected chi connectivity index (χ1v) is 8.95. The third-order valence-corrected chi connectivity index (χ3v) is 5.04. The van der Waals surface area contributed by atoms with E-state index in [1.165, 1.54) is 11.2 Å². The summed E-state index contributed by atoms with van der Waals surface area (Å²) >= 11 is 0. The topological polar surface area (TPSA) is 101 Å². The van der Waals surface area contributed by atoms with E-state index in [2.05, 4.69) is 19.9 Å². The van der Waals surface area contributed by atoms with Gasteiger partial charge in [-0.3, -0.25) is 4.79 Å². The van der Waals surface area contributed by atoms with Crippen molar-refractivity contribution in [1.82, 2.24) is 24.8 Å². The lowest BCUT2D eigenvalue weighted by Crippen LogP contribution is -2.41. The fourth-order valence-electron chi connectivity index (χ4n) is 3.67. The zero-order valence-electron chi connectivity index (χ0n) is 15.2. The molecule has 1 atom stereocenters. The van der Waals surface area contributed by atoms with Crippen LogP contribution in [0.2, 0.25) is 0 Å². The van der Waals surface area contributed by atoms with E-state index in [-0.39, 0.29) is 12.4 Å². The third kappa shape index (κ3) is 2.71. The summed E-state index contributed by atoms with van der Waals surface area (Å²) in [5.41, 5.74) is 2.85. The number of nitrogens with one attached hydrogen (secondary N) is 1. The van der Waals surface area contributed by atoms with Gasteiger partial charge in [0.05, 0.1) is 12.0 Å². The Morgan fingerprint density at radius 1 is 1.34 bits per heavy atom. The van der Waals surface area contributed by atoms with Gasteiger partial charge >= 0.3 is 0 Å². The molecule has 148 valence electrons. The second kappa shape index (κ2) is 6.50. The normalized spacial score (nSPS) is 16.6. The van der Waals surface area contributed by atoms with Gasteiger partial charge in [-0.1, -0.05) is 12.1 Å². The molecule has 0 saturated carbocycles. The van der Waals surface area contributed by atoms with E-state index < -0.39 is 29.8 Å². The molecule has 1 aliphatic rings. The van der Waals surface area contributed by atoms with Crippen LogP contribution < -0.4 is 0 Å². The van der Waals surface area contributed by atoms with E-state index in [9.17, 15) is 13.6 Å². The maximum Gasteiger partial charge on any atom is 0.292 e. The Kier molecular flexibility index (Phi) is 3.93. The van der Waals surface area contributed by atoms with E-state index in [0.717, 1.165) is 17.7 Å². The van der Waals surface area contributed by atoms with Crippen LogP contribution in [-0.4, -0.2) is 37.3 Å². The van der Waals surface area contributed by atoms with Crippen molar-refractivity contribution in [3.63, 3.8) is 0 Å². The zero-order valence-corrected chi connectivity index (χ0v) is 15.2. The molecular weight excluding hydrogens is 384 g/mol. The quantitative estimate of drug-likeness (QED) is 0.565. The van der Waals surface area contributed by atoms with Crippen LogP contribution in [0.25, 0.3) is 11.1 Å². The fraction of sp³-hybridized carbons (Fsp3) is 0.263. The molecule has 3 aromatic heterocycles. The molecule has 0 spiro atoms. The molecule has 1 aliphatic heterocycles. The molecule has 1 N–H and O–H groups in total. The molecule has 0 unspecified atom stereocenters. The summed E-state index contributed by atoms with van der Waals surface area (Å²) in [6.07, 6.45) is -0.0758. The number of carbonyl (C=O) groups excluding carboxylic acids is 1. The van der Waals surface area contributed by atoms with Crippen molar-refractivity contribution in [3.8, 4) is 0 Å². The smallest absolute Gasteiger partial charge is 0.292 e. The van der Waals surface area contributed by atoms with Gasteiger partial charge in [-0.15, -0.1) is 0 Å². The third-order valence-electron chi connectivity index (χ3n) is 5.04.